The summed E-state index contributed by atoms with van der Waals surface area (Å²) in [5.41, 5.74) is 0.875. The van der Waals surface area contributed by atoms with E-state index in [2.05, 4.69) is 43.6 Å². The zero-order chi connectivity index (χ0) is 26.6. The average Bonchev–Trinajstić information content (AvgIpc) is 2.89. The molecule has 0 aliphatic carbocycles. The van der Waals surface area contributed by atoms with E-state index in [0.717, 1.165) is 74.7 Å². The molecule has 2 saturated heterocycles. The number of ether oxygens (including phenoxy) is 1. The largest absolute Gasteiger partial charge is 0.489 e. The van der Waals surface area contributed by atoms with Crippen molar-refractivity contribution in [3.63, 3.8) is 0 Å². The number of carbonyl (C=O) groups excluding carboxylic acids is 1. The number of benzene rings is 2. The molecule has 3 heterocycles. The predicted octanol–water partition coefficient (Wildman–Crippen LogP) is 4.80. The molecule has 10 heteroatoms. The Bertz CT molecular complexity index is 1370. The molecule has 0 unspecified atom stereocenters. The van der Waals surface area contributed by atoms with Crippen LogP contribution < -0.4 is 21.0 Å². The van der Waals surface area contributed by atoms with E-state index in [0.29, 0.717) is 5.39 Å². The van der Waals surface area contributed by atoms with E-state index in [1.807, 2.05) is 6.07 Å². The molecule has 2 aliphatic heterocycles. The summed E-state index contributed by atoms with van der Waals surface area (Å²) in [6.07, 6.45) is 3.84. The fraction of sp³-hybridized carbons (Fsp3) is 0.429. The normalized spacial score (nSPS) is 17.6. The summed E-state index contributed by atoms with van der Waals surface area (Å²) in [7, 11) is 0. The van der Waals surface area contributed by atoms with E-state index in [4.69, 9.17) is 20.8 Å². The van der Waals surface area contributed by atoms with E-state index in [1.54, 1.807) is 0 Å². The highest BCUT2D eigenvalue weighted by Gasteiger charge is 2.22. The maximum absolute atomic E-state index is 13.6. The second kappa shape index (κ2) is 12.2. The van der Waals surface area contributed by atoms with Crippen LogP contribution >= 0.6 is 27.5 Å². The van der Waals surface area contributed by atoms with Gasteiger partial charge in [-0.15, -0.1) is 0 Å². The van der Waals surface area contributed by atoms with Gasteiger partial charge in [0.1, 0.15) is 23.3 Å². The van der Waals surface area contributed by atoms with Crippen LogP contribution in [0.1, 0.15) is 36.8 Å². The number of likely N-dealkylation sites (tertiary alicyclic amines) is 1. The predicted molar refractivity (Wildman–Crippen MR) is 148 cm³/mol. The third kappa shape index (κ3) is 6.75. The Morgan fingerprint density at radius 2 is 1.92 bits per heavy atom. The molecule has 0 saturated carbocycles. The summed E-state index contributed by atoms with van der Waals surface area (Å²) >= 11 is 9.51. The molecular weight excluding hydrogens is 577 g/mol. The van der Waals surface area contributed by atoms with Crippen molar-refractivity contribution in [3.05, 3.63) is 73.3 Å². The Balaban J connectivity index is 1.10. The van der Waals surface area contributed by atoms with E-state index >= 15 is 0 Å². The molecule has 5 rings (SSSR count). The van der Waals surface area contributed by atoms with Gasteiger partial charge in [-0.25, -0.2) is 9.18 Å². The van der Waals surface area contributed by atoms with Crippen LogP contribution in [0, 0.1) is 5.82 Å². The van der Waals surface area contributed by atoms with Crippen molar-refractivity contribution in [2.45, 2.75) is 50.8 Å². The van der Waals surface area contributed by atoms with Gasteiger partial charge in [0.15, 0.2) is 0 Å². The number of nitrogens with zero attached hydrogens (tertiary/aromatic N) is 1. The highest BCUT2D eigenvalue weighted by atomic mass is 79.9. The molecule has 3 aromatic rings. The van der Waals surface area contributed by atoms with Crippen molar-refractivity contribution >= 4 is 44.4 Å². The molecule has 0 radical (unpaired) electrons. The van der Waals surface area contributed by atoms with Crippen molar-refractivity contribution in [1.29, 1.82) is 0 Å². The van der Waals surface area contributed by atoms with Crippen LogP contribution in [0.5, 0.6) is 5.75 Å². The molecule has 0 bridgehead atoms. The summed E-state index contributed by atoms with van der Waals surface area (Å²) in [5.74, 6) is -0.0141. The Morgan fingerprint density at radius 3 is 2.66 bits per heavy atom. The number of piperidine rings is 2. The summed E-state index contributed by atoms with van der Waals surface area (Å²) in [5, 5.41) is 6.81. The molecule has 0 spiro atoms. The first kappa shape index (κ1) is 27.1. The molecule has 7 nitrogen and oxygen atoms in total. The van der Waals surface area contributed by atoms with Crippen LogP contribution in [0.15, 0.2) is 50.1 Å². The minimum atomic E-state index is -0.662. The molecule has 2 aliphatic rings. The molecule has 2 fully saturated rings. The van der Waals surface area contributed by atoms with E-state index in [-0.39, 0.29) is 40.6 Å². The van der Waals surface area contributed by atoms with Crippen molar-refractivity contribution in [3.8, 4) is 5.75 Å². The van der Waals surface area contributed by atoms with Crippen molar-refractivity contribution in [2.24, 2.45) is 0 Å². The molecule has 38 heavy (non-hydrogen) atoms. The van der Waals surface area contributed by atoms with Gasteiger partial charge >= 0.3 is 5.63 Å². The Hall–Kier alpha value is -2.46. The molecular formula is C28H30BrClFN3O4. The van der Waals surface area contributed by atoms with Gasteiger partial charge < -0.3 is 19.8 Å². The zero-order valence-corrected chi connectivity index (χ0v) is 23.2. The minimum Gasteiger partial charge on any atom is -0.489 e. The molecule has 0 atom stereocenters. The van der Waals surface area contributed by atoms with Gasteiger partial charge in [0, 0.05) is 42.7 Å². The van der Waals surface area contributed by atoms with Crippen LogP contribution in [0.4, 0.5) is 4.39 Å². The minimum absolute atomic E-state index is 0.0438. The van der Waals surface area contributed by atoms with E-state index in [9.17, 15) is 14.0 Å². The van der Waals surface area contributed by atoms with Crippen LogP contribution in [0.2, 0.25) is 5.02 Å². The molecule has 1 amide bonds. The quantitative estimate of drug-likeness (QED) is 0.376. The van der Waals surface area contributed by atoms with Crippen LogP contribution in [0.3, 0.4) is 0 Å². The highest BCUT2D eigenvalue weighted by molar-refractivity contribution is 9.10. The second-order valence-corrected chi connectivity index (χ2v) is 11.3. The lowest BCUT2D eigenvalue weighted by Crippen LogP contribution is -2.45. The van der Waals surface area contributed by atoms with Gasteiger partial charge in [-0.1, -0.05) is 17.7 Å². The molecule has 202 valence electrons. The van der Waals surface area contributed by atoms with Crippen molar-refractivity contribution < 1.29 is 18.3 Å². The van der Waals surface area contributed by atoms with Gasteiger partial charge in [-0.2, -0.15) is 0 Å². The fourth-order valence-electron chi connectivity index (χ4n) is 5.06. The molecule has 2 N–H and O–H groups in total. The smallest absolute Gasteiger partial charge is 0.339 e. The Morgan fingerprint density at radius 1 is 1.16 bits per heavy atom. The summed E-state index contributed by atoms with van der Waals surface area (Å²) in [4.78, 5) is 27.3. The van der Waals surface area contributed by atoms with E-state index in [1.165, 1.54) is 17.7 Å². The maximum atomic E-state index is 13.6. The number of hydrogen-bond donors (Lipinski definition) is 2. The van der Waals surface area contributed by atoms with Gasteiger partial charge in [0.2, 0.25) is 5.91 Å². The number of rotatable bonds is 7. The van der Waals surface area contributed by atoms with Crippen LogP contribution in [-0.4, -0.2) is 49.1 Å². The summed E-state index contributed by atoms with van der Waals surface area (Å²) < 4.78 is 26.0. The van der Waals surface area contributed by atoms with E-state index < -0.39 is 11.4 Å². The monoisotopic (exact) mass is 605 g/mol. The van der Waals surface area contributed by atoms with Crippen LogP contribution in [0.25, 0.3) is 11.0 Å². The SMILES string of the molecule is O=C(Cc1cc2cc(Cl)c(F)cc2oc1=O)NC1CCN(Cc2ccc(OC3CCNCC3)c(Br)c2)CC1. The number of halogens is 3. The summed E-state index contributed by atoms with van der Waals surface area (Å²) in [6, 6.07) is 10.3. The first-order chi connectivity index (χ1) is 18.3. The Labute approximate surface area is 233 Å². The van der Waals surface area contributed by atoms with Gasteiger partial charge in [0.25, 0.3) is 0 Å². The number of nitrogens with one attached hydrogen (secondary N) is 2. The Kier molecular flexibility index (Phi) is 8.67. The topological polar surface area (TPSA) is 83.8 Å². The van der Waals surface area contributed by atoms with Crippen LogP contribution in [-0.2, 0) is 17.8 Å². The fourth-order valence-corrected chi connectivity index (χ4v) is 5.75. The number of carbonyl (C=O) groups is 1. The average molecular weight is 607 g/mol. The third-order valence-corrected chi connectivity index (χ3v) is 8.04. The molecule has 2 aromatic carbocycles. The van der Waals surface area contributed by atoms with Gasteiger partial charge in [-0.05, 0) is 84.5 Å². The number of amides is 1. The second-order valence-electron chi connectivity index (χ2n) is 9.99. The molecule has 1 aromatic heterocycles. The number of hydrogen-bond acceptors (Lipinski definition) is 6. The first-order valence-corrected chi connectivity index (χ1v) is 14.1. The lowest BCUT2D eigenvalue weighted by molar-refractivity contribution is -0.121. The van der Waals surface area contributed by atoms with Gasteiger partial charge in [0.05, 0.1) is 15.9 Å². The third-order valence-electron chi connectivity index (χ3n) is 7.13. The lowest BCUT2D eigenvalue weighted by atomic mass is 10.0. The zero-order valence-electron chi connectivity index (χ0n) is 20.9. The first-order valence-electron chi connectivity index (χ1n) is 12.9. The number of fused-ring (bicyclic) bond motifs is 1. The maximum Gasteiger partial charge on any atom is 0.339 e. The standard InChI is InChI=1S/C28H30BrClFN3O4/c29-22-11-17(1-2-25(22)37-21-3-7-32-8-4-21)16-34-9-5-20(6-10-34)33-27(35)14-19-12-18-13-23(30)24(31)15-26(18)38-28(19)36/h1-2,11-13,15,20-21,32H,3-10,14,16H2,(H,33,35). The summed E-state index contributed by atoms with van der Waals surface area (Å²) in [6.45, 7) is 4.53. The highest BCUT2D eigenvalue weighted by Crippen LogP contribution is 2.29. The van der Waals surface area contributed by atoms with Crippen molar-refractivity contribution in [1.82, 2.24) is 15.5 Å². The van der Waals surface area contributed by atoms with Crippen molar-refractivity contribution in [2.75, 3.05) is 26.2 Å². The lowest BCUT2D eigenvalue weighted by Gasteiger charge is -2.32. The van der Waals surface area contributed by atoms with Gasteiger partial charge in [-0.3, -0.25) is 9.69 Å².